The van der Waals surface area contributed by atoms with E-state index < -0.39 is 0 Å². The van der Waals surface area contributed by atoms with Crippen LogP contribution < -0.4 is 5.32 Å². The van der Waals surface area contributed by atoms with Crippen LogP contribution in [0.2, 0.25) is 0 Å². The summed E-state index contributed by atoms with van der Waals surface area (Å²) in [5.41, 5.74) is 1.09. The molecule has 1 aromatic carbocycles. The zero-order valence-electron chi connectivity index (χ0n) is 13.0. The Kier molecular flexibility index (Phi) is 7.18. The van der Waals surface area contributed by atoms with Crippen LogP contribution in [0.5, 0.6) is 0 Å². The highest BCUT2D eigenvalue weighted by molar-refractivity contribution is 9.10. The summed E-state index contributed by atoms with van der Waals surface area (Å²) < 4.78 is 14.3. The molecule has 1 aromatic rings. The Morgan fingerprint density at radius 3 is 2.52 bits per heavy atom. The molecular formula is C18H27BrFN. The minimum absolute atomic E-state index is 0.152. The fourth-order valence-corrected chi connectivity index (χ4v) is 3.93. The van der Waals surface area contributed by atoms with Crippen LogP contribution in [0.15, 0.2) is 22.7 Å². The van der Waals surface area contributed by atoms with Crippen LogP contribution in [0.1, 0.15) is 57.4 Å². The van der Waals surface area contributed by atoms with Crippen LogP contribution in [0.25, 0.3) is 0 Å². The number of benzene rings is 1. The highest BCUT2D eigenvalue weighted by Gasteiger charge is 2.22. The molecule has 1 nitrogen and oxygen atoms in total. The maximum Gasteiger partial charge on any atom is 0.137 e. The summed E-state index contributed by atoms with van der Waals surface area (Å²) in [5, 5.41) is 3.65. The fraction of sp³-hybridized carbons (Fsp3) is 0.667. The van der Waals surface area contributed by atoms with Crippen molar-refractivity contribution in [1.29, 1.82) is 0 Å². The molecule has 0 saturated heterocycles. The number of nitrogens with one attached hydrogen (secondary N) is 1. The summed E-state index contributed by atoms with van der Waals surface area (Å²) in [6, 6.07) is 5.84. The Morgan fingerprint density at radius 1 is 1.19 bits per heavy atom. The Hall–Kier alpha value is -0.410. The highest BCUT2D eigenvalue weighted by atomic mass is 79.9. The molecule has 0 amide bonds. The molecule has 1 aliphatic rings. The van der Waals surface area contributed by atoms with E-state index in [9.17, 15) is 4.39 Å². The van der Waals surface area contributed by atoms with Gasteiger partial charge in [-0.25, -0.2) is 4.39 Å². The van der Waals surface area contributed by atoms with Crippen LogP contribution in [0.3, 0.4) is 0 Å². The molecule has 0 aliphatic heterocycles. The van der Waals surface area contributed by atoms with Gasteiger partial charge in [0.25, 0.3) is 0 Å². The molecule has 0 aromatic heterocycles. The zero-order valence-corrected chi connectivity index (χ0v) is 14.6. The summed E-state index contributed by atoms with van der Waals surface area (Å²) in [4.78, 5) is 0. The van der Waals surface area contributed by atoms with Crippen molar-refractivity contribution in [1.82, 2.24) is 5.32 Å². The lowest BCUT2D eigenvalue weighted by Crippen LogP contribution is -2.38. The first-order chi connectivity index (χ1) is 10.2. The minimum Gasteiger partial charge on any atom is -0.314 e. The smallest absolute Gasteiger partial charge is 0.137 e. The molecule has 3 heteroatoms. The maximum atomic E-state index is 13.7. The van der Waals surface area contributed by atoms with Crippen molar-refractivity contribution >= 4 is 15.9 Å². The second kappa shape index (κ2) is 8.89. The molecule has 1 atom stereocenters. The average molecular weight is 356 g/mol. The first kappa shape index (κ1) is 17.0. The van der Waals surface area contributed by atoms with Crippen molar-refractivity contribution in [2.45, 2.75) is 64.3 Å². The molecular weight excluding hydrogens is 329 g/mol. The van der Waals surface area contributed by atoms with Gasteiger partial charge in [0.15, 0.2) is 0 Å². The van der Waals surface area contributed by atoms with E-state index in [2.05, 4.69) is 28.2 Å². The van der Waals surface area contributed by atoms with Gasteiger partial charge >= 0.3 is 0 Å². The molecule has 1 fully saturated rings. The van der Waals surface area contributed by atoms with E-state index in [1.54, 1.807) is 0 Å². The Balaban J connectivity index is 2.08. The lowest BCUT2D eigenvalue weighted by molar-refractivity contribution is 0.285. The average Bonchev–Trinajstić information content (AvgIpc) is 2.43. The van der Waals surface area contributed by atoms with Crippen molar-refractivity contribution in [3.8, 4) is 0 Å². The molecule has 0 radical (unpaired) electrons. The normalized spacial score (nSPS) is 19.0. The van der Waals surface area contributed by atoms with Gasteiger partial charge in [-0.3, -0.25) is 0 Å². The number of halogens is 2. The summed E-state index contributed by atoms with van der Waals surface area (Å²) >= 11 is 3.41. The van der Waals surface area contributed by atoms with Crippen molar-refractivity contribution in [3.05, 3.63) is 34.1 Å². The molecule has 118 valence electrons. The monoisotopic (exact) mass is 355 g/mol. The molecule has 21 heavy (non-hydrogen) atoms. The van der Waals surface area contributed by atoms with Gasteiger partial charge in [-0.05, 0) is 59.3 Å². The Labute approximate surface area is 136 Å². The third kappa shape index (κ3) is 5.07. The molecule has 1 aliphatic carbocycles. The summed E-state index contributed by atoms with van der Waals surface area (Å²) in [6.07, 6.45) is 10.4. The van der Waals surface area contributed by atoms with Gasteiger partial charge in [0.1, 0.15) is 5.82 Å². The van der Waals surface area contributed by atoms with E-state index in [-0.39, 0.29) is 5.82 Å². The van der Waals surface area contributed by atoms with Crippen molar-refractivity contribution in [2.75, 3.05) is 6.54 Å². The van der Waals surface area contributed by atoms with E-state index in [4.69, 9.17) is 0 Å². The van der Waals surface area contributed by atoms with Gasteiger partial charge in [0, 0.05) is 6.04 Å². The van der Waals surface area contributed by atoms with E-state index in [0.29, 0.717) is 10.5 Å². The van der Waals surface area contributed by atoms with Crippen LogP contribution in [0, 0.1) is 11.7 Å². The molecule has 1 unspecified atom stereocenters. The van der Waals surface area contributed by atoms with E-state index >= 15 is 0 Å². The standard InChI is InChI=1S/C18H27BrFN/c1-2-21-17(14-9-6-4-3-5-7-10-14)13-15-11-8-12-16(20)18(15)19/h8,11-12,14,17,21H,2-7,9-10,13H2,1H3. The second-order valence-corrected chi connectivity index (χ2v) is 6.98. The Morgan fingerprint density at radius 2 is 1.86 bits per heavy atom. The largest absolute Gasteiger partial charge is 0.314 e. The number of likely N-dealkylation sites (N-methyl/N-ethyl adjacent to an activating group) is 1. The van der Waals surface area contributed by atoms with Crippen molar-refractivity contribution < 1.29 is 4.39 Å². The predicted octanol–water partition coefficient (Wildman–Crippen LogP) is 5.47. The van der Waals surface area contributed by atoms with Crippen molar-refractivity contribution in [2.24, 2.45) is 5.92 Å². The minimum atomic E-state index is -0.152. The van der Waals surface area contributed by atoms with E-state index in [1.807, 2.05) is 12.1 Å². The quantitative estimate of drug-likeness (QED) is 0.738. The molecule has 2 rings (SSSR count). The lowest BCUT2D eigenvalue weighted by Gasteiger charge is -2.30. The number of hydrogen-bond acceptors (Lipinski definition) is 1. The number of rotatable bonds is 5. The first-order valence-electron chi connectivity index (χ1n) is 8.38. The Bertz CT molecular complexity index is 427. The van der Waals surface area contributed by atoms with Crippen LogP contribution in [-0.4, -0.2) is 12.6 Å². The van der Waals surface area contributed by atoms with Gasteiger partial charge in [-0.15, -0.1) is 0 Å². The number of hydrogen-bond donors (Lipinski definition) is 1. The molecule has 0 spiro atoms. The third-order valence-electron chi connectivity index (χ3n) is 4.66. The molecule has 0 heterocycles. The maximum absolute atomic E-state index is 13.7. The SMILES string of the molecule is CCNC(Cc1cccc(F)c1Br)C1CCCCCCC1. The lowest BCUT2D eigenvalue weighted by atomic mass is 9.83. The van der Waals surface area contributed by atoms with Crippen LogP contribution in [-0.2, 0) is 6.42 Å². The van der Waals surface area contributed by atoms with Gasteiger partial charge in [0.05, 0.1) is 4.47 Å². The summed E-state index contributed by atoms with van der Waals surface area (Å²) in [5.74, 6) is 0.570. The van der Waals surface area contributed by atoms with Gasteiger partial charge in [-0.1, -0.05) is 51.2 Å². The van der Waals surface area contributed by atoms with Gasteiger partial charge in [-0.2, -0.15) is 0 Å². The highest BCUT2D eigenvalue weighted by Crippen LogP contribution is 2.29. The van der Waals surface area contributed by atoms with E-state index in [1.165, 1.54) is 51.0 Å². The van der Waals surface area contributed by atoms with Gasteiger partial charge in [0.2, 0.25) is 0 Å². The predicted molar refractivity (Wildman–Crippen MR) is 91.1 cm³/mol. The summed E-state index contributed by atoms with van der Waals surface area (Å²) in [6.45, 7) is 3.14. The fourth-order valence-electron chi connectivity index (χ4n) is 3.50. The van der Waals surface area contributed by atoms with Crippen LogP contribution >= 0.6 is 15.9 Å². The van der Waals surface area contributed by atoms with E-state index in [0.717, 1.165) is 24.4 Å². The molecule has 1 saturated carbocycles. The van der Waals surface area contributed by atoms with Crippen molar-refractivity contribution in [3.63, 3.8) is 0 Å². The van der Waals surface area contributed by atoms with Crippen LogP contribution in [0.4, 0.5) is 4.39 Å². The second-order valence-electron chi connectivity index (χ2n) is 6.19. The van der Waals surface area contributed by atoms with Gasteiger partial charge < -0.3 is 5.32 Å². The third-order valence-corrected chi connectivity index (χ3v) is 5.54. The topological polar surface area (TPSA) is 12.0 Å². The molecule has 1 N–H and O–H groups in total. The zero-order chi connectivity index (χ0) is 15.1. The molecule has 0 bridgehead atoms. The first-order valence-corrected chi connectivity index (χ1v) is 9.18. The summed E-state index contributed by atoms with van der Waals surface area (Å²) in [7, 11) is 0.